The Morgan fingerprint density at radius 2 is 2.54 bits per heavy atom. The van der Waals surface area contributed by atoms with Gasteiger partial charge in [0.2, 0.25) is 5.88 Å². The molecule has 6 heteroatoms. The fraction of sp³-hybridized carbons (Fsp3) is 0.286. The molecule has 2 rings (SSSR count). The fourth-order valence-corrected chi connectivity index (χ4v) is 0.949. The first-order chi connectivity index (χ1) is 6.40. The topological polar surface area (TPSA) is 68.8 Å². The maximum absolute atomic E-state index is 5.09. The monoisotopic (exact) mass is 179 g/mol. The van der Waals surface area contributed by atoms with Crippen LogP contribution in [0, 0.1) is 0 Å². The van der Waals surface area contributed by atoms with Crippen molar-refractivity contribution < 1.29 is 4.42 Å². The van der Waals surface area contributed by atoms with E-state index in [0.29, 0.717) is 18.3 Å². The summed E-state index contributed by atoms with van der Waals surface area (Å²) in [5, 5.41) is 14.7. The van der Waals surface area contributed by atoms with Gasteiger partial charge in [0.05, 0.1) is 12.8 Å². The van der Waals surface area contributed by atoms with Crippen LogP contribution < -0.4 is 5.32 Å². The van der Waals surface area contributed by atoms with Gasteiger partial charge in [-0.15, -0.1) is 10.2 Å². The lowest BCUT2D eigenvalue weighted by atomic mass is 10.6. The smallest absolute Gasteiger partial charge is 0.239 e. The summed E-state index contributed by atoms with van der Waals surface area (Å²) in [6.07, 6.45) is 1.57. The van der Waals surface area contributed by atoms with Crippen LogP contribution in [-0.4, -0.2) is 27.3 Å². The number of hydrogen-bond acceptors (Lipinski definition) is 5. The third-order valence-electron chi connectivity index (χ3n) is 1.49. The predicted molar refractivity (Wildman–Crippen MR) is 44.2 cm³/mol. The molecule has 2 aromatic rings. The fourth-order valence-electron chi connectivity index (χ4n) is 0.949. The van der Waals surface area contributed by atoms with Gasteiger partial charge >= 0.3 is 0 Å². The molecule has 0 saturated carbocycles. The lowest BCUT2D eigenvalue weighted by Crippen LogP contribution is -2.07. The Labute approximate surface area is 74.5 Å². The van der Waals surface area contributed by atoms with Gasteiger partial charge in [0, 0.05) is 6.07 Å². The Morgan fingerprint density at radius 1 is 1.62 bits per heavy atom. The van der Waals surface area contributed by atoms with Crippen LogP contribution in [0.2, 0.25) is 0 Å². The van der Waals surface area contributed by atoms with Gasteiger partial charge in [-0.25, -0.2) is 0 Å². The molecule has 2 aromatic heterocycles. The Morgan fingerprint density at radius 3 is 3.23 bits per heavy atom. The number of nitrogens with one attached hydrogen (secondary N) is 1. The van der Waals surface area contributed by atoms with Crippen LogP contribution in [0.3, 0.4) is 0 Å². The molecule has 0 aliphatic carbocycles. The van der Waals surface area contributed by atoms with Gasteiger partial charge in [-0.3, -0.25) is 0 Å². The second-order valence-electron chi connectivity index (χ2n) is 2.48. The molecule has 2 heterocycles. The number of hydrogen-bond donors (Lipinski definition) is 1. The molecule has 0 amide bonds. The van der Waals surface area contributed by atoms with Crippen molar-refractivity contribution in [1.82, 2.24) is 25.5 Å². The first-order valence-electron chi connectivity index (χ1n) is 3.87. The van der Waals surface area contributed by atoms with E-state index in [4.69, 9.17) is 4.42 Å². The van der Waals surface area contributed by atoms with Crippen LogP contribution in [0.5, 0.6) is 0 Å². The number of tetrazole rings is 1. The van der Waals surface area contributed by atoms with E-state index < -0.39 is 0 Å². The van der Waals surface area contributed by atoms with E-state index in [-0.39, 0.29) is 0 Å². The van der Waals surface area contributed by atoms with Crippen molar-refractivity contribution >= 4 is 0 Å². The van der Waals surface area contributed by atoms with Crippen LogP contribution in [0.1, 0.15) is 5.82 Å². The summed E-state index contributed by atoms with van der Waals surface area (Å²) in [6.45, 7) is 0.598. The zero-order valence-electron chi connectivity index (χ0n) is 7.14. The zero-order chi connectivity index (χ0) is 9.10. The average molecular weight is 179 g/mol. The molecule has 0 fully saturated rings. The average Bonchev–Trinajstić information content (AvgIpc) is 2.70. The van der Waals surface area contributed by atoms with E-state index >= 15 is 0 Å². The van der Waals surface area contributed by atoms with Gasteiger partial charge in [-0.2, -0.15) is 0 Å². The maximum Gasteiger partial charge on any atom is 0.239 e. The van der Waals surface area contributed by atoms with E-state index in [1.165, 1.54) is 4.80 Å². The third kappa shape index (κ3) is 1.57. The van der Waals surface area contributed by atoms with Crippen molar-refractivity contribution in [3.63, 3.8) is 0 Å². The molecule has 1 N–H and O–H groups in total. The van der Waals surface area contributed by atoms with Crippen molar-refractivity contribution in [2.45, 2.75) is 6.54 Å². The van der Waals surface area contributed by atoms with Crippen LogP contribution in [0.25, 0.3) is 5.88 Å². The van der Waals surface area contributed by atoms with Gasteiger partial charge < -0.3 is 9.73 Å². The summed E-state index contributed by atoms with van der Waals surface area (Å²) in [6, 6.07) is 3.54. The maximum atomic E-state index is 5.09. The molecule has 0 aliphatic rings. The largest absolute Gasteiger partial charge is 0.445 e. The van der Waals surface area contributed by atoms with Crippen molar-refractivity contribution in [1.29, 1.82) is 0 Å². The van der Waals surface area contributed by atoms with E-state index in [1.807, 2.05) is 7.05 Å². The summed E-state index contributed by atoms with van der Waals surface area (Å²) < 4.78 is 5.09. The second-order valence-corrected chi connectivity index (χ2v) is 2.48. The molecule has 13 heavy (non-hydrogen) atoms. The van der Waals surface area contributed by atoms with E-state index in [2.05, 4.69) is 20.7 Å². The summed E-state index contributed by atoms with van der Waals surface area (Å²) in [5.41, 5.74) is 0. The Bertz CT molecular complexity index is 366. The number of rotatable bonds is 3. The standard InChI is InChI=1S/C7H9N5O/c1-8-5-6-9-11-12(10-6)7-3-2-4-13-7/h2-4,8H,5H2,1H3. The zero-order valence-corrected chi connectivity index (χ0v) is 7.14. The molecule has 6 nitrogen and oxygen atoms in total. The van der Waals surface area contributed by atoms with Gasteiger partial charge in [0.25, 0.3) is 0 Å². The Kier molecular flexibility index (Phi) is 2.05. The molecule has 0 spiro atoms. The molecule has 68 valence electrons. The normalized spacial score (nSPS) is 10.5. The van der Waals surface area contributed by atoms with Gasteiger partial charge in [-0.1, -0.05) is 4.80 Å². The van der Waals surface area contributed by atoms with Gasteiger partial charge in [0.1, 0.15) is 0 Å². The minimum Gasteiger partial charge on any atom is -0.445 e. The lowest BCUT2D eigenvalue weighted by Gasteiger charge is -1.89. The molecule has 0 radical (unpaired) electrons. The molecule has 0 bridgehead atoms. The molecule has 0 saturated heterocycles. The third-order valence-corrected chi connectivity index (χ3v) is 1.49. The highest BCUT2D eigenvalue weighted by molar-refractivity contribution is 5.12. The molecule has 0 atom stereocenters. The van der Waals surface area contributed by atoms with Crippen molar-refractivity contribution in [2.75, 3.05) is 7.05 Å². The first-order valence-corrected chi connectivity index (χ1v) is 3.87. The van der Waals surface area contributed by atoms with Crippen LogP contribution in [0.15, 0.2) is 22.8 Å². The van der Waals surface area contributed by atoms with E-state index in [1.54, 1.807) is 18.4 Å². The minimum atomic E-state index is 0.565. The molecular formula is C7H9N5O. The van der Waals surface area contributed by atoms with Crippen LogP contribution in [0.4, 0.5) is 0 Å². The second kappa shape index (κ2) is 3.36. The van der Waals surface area contributed by atoms with Crippen molar-refractivity contribution in [3.8, 4) is 5.88 Å². The Hall–Kier alpha value is -1.69. The number of furan rings is 1. The molecule has 0 aromatic carbocycles. The van der Waals surface area contributed by atoms with Gasteiger partial charge in [0.15, 0.2) is 5.82 Å². The number of nitrogens with zero attached hydrogens (tertiary/aromatic N) is 4. The SMILES string of the molecule is CNCc1nnn(-c2ccco2)n1. The highest BCUT2D eigenvalue weighted by Crippen LogP contribution is 2.03. The molecule has 0 aliphatic heterocycles. The number of aromatic nitrogens is 4. The summed E-state index contributed by atoms with van der Waals surface area (Å²) in [5.74, 6) is 1.20. The van der Waals surface area contributed by atoms with Crippen molar-refractivity contribution in [2.24, 2.45) is 0 Å². The quantitative estimate of drug-likeness (QED) is 0.716. The molecule has 0 unspecified atom stereocenters. The lowest BCUT2D eigenvalue weighted by molar-refractivity contribution is 0.493. The van der Waals surface area contributed by atoms with E-state index in [0.717, 1.165) is 0 Å². The Balaban J connectivity index is 2.23. The summed E-state index contributed by atoms with van der Waals surface area (Å²) in [4.78, 5) is 1.35. The first kappa shape index (κ1) is 7.93. The van der Waals surface area contributed by atoms with E-state index in [9.17, 15) is 0 Å². The minimum absolute atomic E-state index is 0.565. The van der Waals surface area contributed by atoms with Crippen LogP contribution >= 0.6 is 0 Å². The highest BCUT2D eigenvalue weighted by atomic mass is 16.3. The summed E-state index contributed by atoms with van der Waals surface area (Å²) in [7, 11) is 1.83. The van der Waals surface area contributed by atoms with Crippen LogP contribution in [-0.2, 0) is 6.54 Å². The van der Waals surface area contributed by atoms with Crippen molar-refractivity contribution in [3.05, 3.63) is 24.2 Å². The molecular weight excluding hydrogens is 170 g/mol. The summed E-state index contributed by atoms with van der Waals surface area (Å²) >= 11 is 0. The van der Waals surface area contributed by atoms with Gasteiger partial charge in [-0.05, 0) is 18.3 Å². The highest BCUT2D eigenvalue weighted by Gasteiger charge is 2.04. The predicted octanol–water partition coefficient (Wildman–Crippen LogP) is -0.0253.